The number of aromatic nitrogens is 1. The largest absolute Gasteiger partial charge is 0.482 e. The van der Waals surface area contributed by atoms with E-state index in [0.717, 1.165) is 23.4 Å². The van der Waals surface area contributed by atoms with Crippen LogP contribution in [0.2, 0.25) is 5.02 Å². The van der Waals surface area contributed by atoms with Crippen LogP contribution in [0.5, 0.6) is 5.75 Å². The van der Waals surface area contributed by atoms with Crippen molar-refractivity contribution >= 4 is 39.1 Å². The molecule has 1 atom stereocenters. The Morgan fingerprint density at radius 1 is 1.33 bits per heavy atom. The van der Waals surface area contributed by atoms with Gasteiger partial charge < -0.3 is 9.64 Å². The van der Waals surface area contributed by atoms with Gasteiger partial charge in [0.05, 0.1) is 20.2 Å². The normalized spacial score (nSPS) is 17.3. The molecule has 1 fully saturated rings. The van der Waals surface area contributed by atoms with Gasteiger partial charge in [0.15, 0.2) is 6.61 Å². The van der Waals surface area contributed by atoms with Gasteiger partial charge in [0.1, 0.15) is 11.6 Å². The van der Waals surface area contributed by atoms with Crippen molar-refractivity contribution in [3.63, 3.8) is 0 Å². The summed E-state index contributed by atoms with van der Waals surface area (Å²) in [6, 6.07) is 12.0. The van der Waals surface area contributed by atoms with E-state index in [4.69, 9.17) is 21.3 Å². The van der Waals surface area contributed by atoms with E-state index >= 15 is 0 Å². The first-order chi connectivity index (χ1) is 13.1. The van der Waals surface area contributed by atoms with Crippen LogP contribution in [0, 0.1) is 5.82 Å². The van der Waals surface area contributed by atoms with Gasteiger partial charge in [-0.05, 0) is 43.2 Å². The maximum atomic E-state index is 13.1. The molecule has 1 aromatic heterocycles. The Hall–Kier alpha value is -2.18. The van der Waals surface area contributed by atoms with Gasteiger partial charge in [-0.1, -0.05) is 23.7 Å². The van der Waals surface area contributed by atoms with Crippen LogP contribution < -0.4 is 4.74 Å². The molecule has 1 aliphatic rings. The van der Waals surface area contributed by atoms with Crippen molar-refractivity contribution in [2.45, 2.75) is 18.8 Å². The van der Waals surface area contributed by atoms with Gasteiger partial charge in [-0.3, -0.25) is 4.79 Å². The fourth-order valence-corrected chi connectivity index (χ4v) is 4.61. The fraction of sp³-hybridized carbons (Fsp3) is 0.300. The Morgan fingerprint density at radius 2 is 2.19 bits per heavy atom. The molecule has 0 N–H and O–H groups in total. The summed E-state index contributed by atoms with van der Waals surface area (Å²) in [6.45, 7) is 1.23. The van der Waals surface area contributed by atoms with E-state index in [1.165, 1.54) is 22.9 Å². The lowest BCUT2D eigenvalue weighted by Crippen LogP contribution is -2.41. The number of halogens is 2. The van der Waals surface area contributed by atoms with Gasteiger partial charge in [-0.2, -0.15) is 0 Å². The summed E-state index contributed by atoms with van der Waals surface area (Å²) in [4.78, 5) is 19.1. The smallest absolute Gasteiger partial charge is 0.260 e. The van der Waals surface area contributed by atoms with Crippen LogP contribution in [0.1, 0.15) is 23.8 Å². The van der Waals surface area contributed by atoms with Crippen molar-refractivity contribution < 1.29 is 13.9 Å². The van der Waals surface area contributed by atoms with Gasteiger partial charge in [-0.25, -0.2) is 9.37 Å². The van der Waals surface area contributed by atoms with E-state index in [0.29, 0.717) is 18.8 Å². The zero-order valence-electron chi connectivity index (χ0n) is 14.5. The number of carbonyl (C=O) groups is 1. The van der Waals surface area contributed by atoms with Crippen LogP contribution in [0.3, 0.4) is 0 Å². The maximum Gasteiger partial charge on any atom is 0.260 e. The second-order valence-corrected chi connectivity index (χ2v) is 8.03. The molecule has 7 heteroatoms. The molecular weight excluding hydrogens is 387 g/mol. The zero-order chi connectivity index (χ0) is 18.8. The molecule has 140 valence electrons. The first-order valence-electron chi connectivity index (χ1n) is 8.81. The first-order valence-corrected chi connectivity index (χ1v) is 10.0. The van der Waals surface area contributed by atoms with Gasteiger partial charge in [0.25, 0.3) is 5.91 Å². The maximum absolute atomic E-state index is 13.1. The Kier molecular flexibility index (Phi) is 5.27. The molecule has 0 aliphatic carbocycles. The van der Waals surface area contributed by atoms with Gasteiger partial charge in [0.2, 0.25) is 0 Å². The van der Waals surface area contributed by atoms with Crippen LogP contribution in [-0.4, -0.2) is 35.5 Å². The van der Waals surface area contributed by atoms with Crippen molar-refractivity contribution in [3.05, 3.63) is 58.3 Å². The summed E-state index contributed by atoms with van der Waals surface area (Å²) in [5.74, 6) is 0.0234. The second kappa shape index (κ2) is 7.82. The standard InChI is InChI=1S/C20H18ClFN2O2S/c21-15-10-14(22)7-8-17(15)26-12-19(25)24-9-3-4-13(11-24)20-23-16-5-1-2-6-18(16)27-20/h1-2,5-8,10,13H,3-4,9,11-12H2. The molecule has 4 nitrogen and oxygen atoms in total. The Balaban J connectivity index is 1.40. The van der Waals surface area contributed by atoms with Crippen molar-refractivity contribution in [2.24, 2.45) is 0 Å². The lowest BCUT2D eigenvalue weighted by atomic mass is 9.99. The van der Waals surface area contributed by atoms with E-state index in [1.807, 2.05) is 23.1 Å². The van der Waals surface area contributed by atoms with Gasteiger partial charge in [-0.15, -0.1) is 11.3 Å². The number of amides is 1. The zero-order valence-corrected chi connectivity index (χ0v) is 16.1. The van der Waals surface area contributed by atoms with Crippen LogP contribution in [0.25, 0.3) is 10.2 Å². The molecule has 0 spiro atoms. The Morgan fingerprint density at radius 3 is 3.00 bits per heavy atom. The van der Waals surface area contributed by atoms with Gasteiger partial charge >= 0.3 is 0 Å². The van der Waals surface area contributed by atoms with E-state index < -0.39 is 5.82 Å². The summed E-state index contributed by atoms with van der Waals surface area (Å²) in [5, 5.41) is 1.24. The number of nitrogens with zero attached hydrogens (tertiary/aromatic N) is 2. The minimum Gasteiger partial charge on any atom is -0.482 e. The molecule has 0 bridgehead atoms. The highest BCUT2D eigenvalue weighted by Gasteiger charge is 2.27. The molecule has 1 unspecified atom stereocenters. The van der Waals surface area contributed by atoms with E-state index in [-0.39, 0.29) is 23.5 Å². The van der Waals surface area contributed by atoms with Crippen molar-refractivity contribution in [3.8, 4) is 5.75 Å². The number of thiazole rings is 1. The topological polar surface area (TPSA) is 42.4 Å². The molecule has 0 saturated carbocycles. The summed E-state index contributed by atoms with van der Waals surface area (Å²) in [5.41, 5.74) is 1.01. The SMILES string of the molecule is O=C(COc1ccc(F)cc1Cl)N1CCCC(c2nc3ccccc3s2)C1. The summed E-state index contributed by atoms with van der Waals surface area (Å²) in [6.07, 6.45) is 1.96. The molecule has 1 amide bonds. The summed E-state index contributed by atoms with van der Waals surface area (Å²) in [7, 11) is 0. The highest BCUT2D eigenvalue weighted by molar-refractivity contribution is 7.18. The minimum absolute atomic E-state index is 0.0961. The molecule has 0 radical (unpaired) electrons. The molecule has 4 rings (SSSR count). The molecule has 1 saturated heterocycles. The highest BCUT2D eigenvalue weighted by atomic mass is 35.5. The number of rotatable bonds is 4. The molecule has 2 aromatic carbocycles. The number of likely N-dealkylation sites (tertiary alicyclic amines) is 1. The second-order valence-electron chi connectivity index (χ2n) is 6.56. The number of carbonyl (C=O) groups excluding carboxylic acids is 1. The molecule has 1 aliphatic heterocycles. The van der Waals surface area contributed by atoms with Crippen LogP contribution in [0.4, 0.5) is 4.39 Å². The van der Waals surface area contributed by atoms with Crippen molar-refractivity contribution in [2.75, 3.05) is 19.7 Å². The third kappa shape index (κ3) is 4.06. The Bertz CT molecular complexity index is 945. The van der Waals surface area contributed by atoms with Crippen LogP contribution >= 0.6 is 22.9 Å². The van der Waals surface area contributed by atoms with Gasteiger partial charge in [0, 0.05) is 19.0 Å². The van der Waals surface area contributed by atoms with Crippen LogP contribution in [-0.2, 0) is 4.79 Å². The van der Waals surface area contributed by atoms with Crippen molar-refractivity contribution in [1.29, 1.82) is 0 Å². The summed E-state index contributed by atoms with van der Waals surface area (Å²) >= 11 is 7.64. The fourth-order valence-electron chi connectivity index (χ4n) is 3.29. The number of piperidine rings is 1. The van der Waals surface area contributed by atoms with E-state index in [2.05, 4.69) is 6.07 Å². The number of hydrogen-bond acceptors (Lipinski definition) is 4. The lowest BCUT2D eigenvalue weighted by Gasteiger charge is -2.31. The molecule has 27 heavy (non-hydrogen) atoms. The number of para-hydroxylation sites is 1. The quantitative estimate of drug-likeness (QED) is 0.622. The van der Waals surface area contributed by atoms with E-state index in [9.17, 15) is 9.18 Å². The molecule has 3 aromatic rings. The lowest BCUT2D eigenvalue weighted by molar-refractivity contribution is -0.134. The minimum atomic E-state index is -0.437. The number of fused-ring (bicyclic) bond motifs is 1. The van der Waals surface area contributed by atoms with E-state index in [1.54, 1.807) is 11.3 Å². The molecule has 2 heterocycles. The first kappa shape index (κ1) is 18.2. The third-order valence-electron chi connectivity index (χ3n) is 4.68. The Labute approximate surface area is 165 Å². The average Bonchev–Trinajstić information content (AvgIpc) is 3.11. The van der Waals surface area contributed by atoms with Crippen molar-refractivity contribution in [1.82, 2.24) is 9.88 Å². The van der Waals surface area contributed by atoms with Crippen LogP contribution in [0.15, 0.2) is 42.5 Å². The molecular formula is C20H18ClFN2O2S. The predicted molar refractivity (Wildman–Crippen MR) is 105 cm³/mol. The predicted octanol–water partition coefficient (Wildman–Crippen LogP) is 4.87. The number of hydrogen-bond donors (Lipinski definition) is 0. The highest BCUT2D eigenvalue weighted by Crippen LogP contribution is 2.33. The summed E-state index contributed by atoms with van der Waals surface area (Å²) < 4.78 is 19.8. The third-order valence-corrected chi connectivity index (χ3v) is 6.17. The monoisotopic (exact) mass is 404 g/mol. The average molecular weight is 405 g/mol. The number of benzene rings is 2. The number of ether oxygens (including phenoxy) is 1.